The highest BCUT2D eigenvalue weighted by molar-refractivity contribution is 14.1. The van der Waals surface area contributed by atoms with E-state index in [-0.39, 0.29) is 46.5 Å². The van der Waals surface area contributed by atoms with Crippen molar-refractivity contribution in [3.8, 4) is 5.69 Å². The van der Waals surface area contributed by atoms with Gasteiger partial charge in [-0.3, -0.25) is 28.1 Å². The lowest BCUT2D eigenvalue weighted by Gasteiger charge is -2.21. The van der Waals surface area contributed by atoms with Crippen molar-refractivity contribution in [2.24, 2.45) is 7.05 Å². The minimum Gasteiger partial charge on any atom is -0.397 e. The van der Waals surface area contributed by atoms with Gasteiger partial charge in [0.15, 0.2) is 0 Å². The summed E-state index contributed by atoms with van der Waals surface area (Å²) in [6, 6.07) is 10.9. The van der Waals surface area contributed by atoms with Gasteiger partial charge in [-0.15, -0.1) is 0 Å². The number of aryl methyl sites for hydroxylation is 1. The van der Waals surface area contributed by atoms with Crippen LogP contribution in [0.25, 0.3) is 16.6 Å². The van der Waals surface area contributed by atoms with Gasteiger partial charge in [0, 0.05) is 41.4 Å². The molecule has 1 saturated carbocycles. The number of carbonyl (C=O) groups excluding carboxylic acids is 1. The summed E-state index contributed by atoms with van der Waals surface area (Å²) in [6.07, 6.45) is 1.34. The number of hydrogen-bond acceptors (Lipinski definition) is 6. The van der Waals surface area contributed by atoms with Gasteiger partial charge in [0.05, 0.1) is 16.9 Å². The number of benzene rings is 2. The Morgan fingerprint density at radius 1 is 1.12 bits per heavy atom. The minimum atomic E-state index is -0.581. The lowest BCUT2D eigenvalue weighted by Crippen LogP contribution is -2.41. The molecule has 2 heterocycles. The van der Waals surface area contributed by atoms with Crippen LogP contribution in [0.4, 0.5) is 21.6 Å². The van der Waals surface area contributed by atoms with E-state index < -0.39 is 22.6 Å². The van der Waals surface area contributed by atoms with E-state index in [1.807, 2.05) is 22.6 Å². The van der Waals surface area contributed by atoms with Gasteiger partial charge >= 0.3 is 5.69 Å². The highest BCUT2D eigenvalue weighted by Crippen LogP contribution is 2.34. The smallest absolute Gasteiger partial charge is 0.336 e. The van der Waals surface area contributed by atoms with E-state index in [1.54, 1.807) is 44.2 Å². The van der Waals surface area contributed by atoms with Crippen molar-refractivity contribution in [1.29, 1.82) is 0 Å². The molecule has 2 aromatic heterocycles. The lowest BCUT2D eigenvalue weighted by atomic mass is 10.1. The first kappa shape index (κ1) is 29.2. The number of carbonyl (C=O) groups is 1. The summed E-state index contributed by atoms with van der Waals surface area (Å²) in [5, 5.41) is 13.3. The van der Waals surface area contributed by atoms with Crippen LogP contribution < -0.4 is 27.4 Å². The van der Waals surface area contributed by atoms with Crippen LogP contribution in [-0.2, 0) is 11.8 Å². The quantitative estimate of drug-likeness (QED) is 0.278. The zero-order chi connectivity index (χ0) is 29.3. The fourth-order valence-electron chi connectivity index (χ4n) is 4.50. The van der Waals surface area contributed by atoms with Crippen molar-refractivity contribution < 1.29 is 14.3 Å². The first-order valence-electron chi connectivity index (χ1n) is 12.6. The van der Waals surface area contributed by atoms with Crippen molar-refractivity contribution in [3.05, 3.63) is 88.6 Å². The molecule has 0 bridgehead atoms. The second-order valence-corrected chi connectivity index (χ2v) is 10.6. The maximum Gasteiger partial charge on any atom is 0.336 e. The molecule has 5 rings (SSSR count). The van der Waals surface area contributed by atoms with Gasteiger partial charge in [0.1, 0.15) is 17.0 Å². The Morgan fingerprint density at radius 2 is 1.80 bits per heavy atom. The number of aliphatic hydroxyl groups excluding tert-OH is 1. The maximum absolute atomic E-state index is 14.8. The summed E-state index contributed by atoms with van der Waals surface area (Å²) >= 11 is 1.99. The van der Waals surface area contributed by atoms with Crippen LogP contribution >= 0.6 is 22.6 Å². The number of nitrogens with one attached hydrogen (secondary N) is 2. The van der Waals surface area contributed by atoms with Gasteiger partial charge in [-0.25, -0.2) is 9.18 Å². The second-order valence-electron chi connectivity index (χ2n) is 9.38. The third kappa shape index (κ3) is 5.59. The topological polar surface area (TPSA) is 127 Å². The molecule has 2 aromatic carbocycles. The van der Waals surface area contributed by atoms with Crippen LogP contribution in [0.1, 0.15) is 38.3 Å². The number of amides is 1. The Morgan fingerprint density at radius 3 is 2.40 bits per heavy atom. The van der Waals surface area contributed by atoms with Gasteiger partial charge in [-0.05, 0) is 85.7 Å². The van der Waals surface area contributed by atoms with Gasteiger partial charge in [0.2, 0.25) is 5.91 Å². The average molecular weight is 661 g/mol. The summed E-state index contributed by atoms with van der Waals surface area (Å²) in [4.78, 5) is 52.6. The third-order valence-electron chi connectivity index (χ3n) is 6.36. The molecule has 1 fully saturated rings. The van der Waals surface area contributed by atoms with E-state index >= 15 is 0 Å². The van der Waals surface area contributed by atoms with Gasteiger partial charge in [0.25, 0.3) is 11.1 Å². The van der Waals surface area contributed by atoms with Crippen LogP contribution in [-0.4, -0.2) is 31.3 Å². The molecule has 1 amide bonds. The largest absolute Gasteiger partial charge is 0.397 e. The molecular weight excluding hydrogens is 632 g/mol. The lowest BCUT2D eigenvalue weighted by molar-refractivity contribution is -0.114. The fraction of sp³-hybridized carbons (Fsp3) is 0.286. The Labute approximate surface area is 242 Å². The summed E-state index contributed by atoms with van der Waals surface area (Å²) < 4.78 is 19.3. The SMILES string of the molecule is CC(=O)Nc1cccc(-n2c(=O)n(C3CC3)c(=O)c3c(Nc4ccc(I)cc4F)n(C)c(=O)c(C)c32)c1.CCO. The Balaban J connectivity index is 0.00000118. The monoisotopic (exact) mass is 661 g/mol. The molecular formula is C28H29FIN5O5. The molecule has 10 nitrogen and oxygen atoms in total. The number of halogens is 2. The number of aliphatic hydroxyl groups is 1. The standard InChI is InChI=1S/C26H23FIN5O4.C2H6O/c1-13-22-21(23(31(3)24(13)35)30-20-10-7-15(28)11-19(20)27)25(36)33(17-8-9-17)26(37)32(22)18-6-4-5-16(12-18)29-14(2)34;1-2-3/h4-7,10-12,17,30H,8-9H2,1-3H3,(H,29,34);3H,2H2,1H3. The first-order chi connectivity index (χ1) is 19.0. The normalized spacial score (nSPS) is 12.6. The van der Waals surface area contributed by atoms with Crippen LogP contribution in [0.2, 0.25) is 0 Å². The highest BCUT2D eigenvalue weighted by Gasteiger charge is 2.31. The molecule has 1 aliphatic rings. The number of aromatic nitrogens is 3. The predicted octanol–water partition coefficient (Wildman–Crippen LogP) is 3.94. The van der Waals surface area contributed by atoms with E-state index in [2.05, 4.69) is 10.6 Å². The summed E-state index contributed by atoms with van der Waals surface area (Å²) in [6.45, 7) is 4.85. The predicted molar refractivity (Wildman–Crippen MR) is 162 cm³/mol. The number of hydrogen-bond donors (Lipinski definition) is 3. The molecule has 0 aliphatic heterocycles. The highest BCUT2D eigenvalue weighted by atomic mass is 127. The molecule has 0 radical (unpaired) electrons. The van der Waals surface area contributed by atoms with Crippen molar-refractivity contribution in [1.82, 2.24) is 13.7 Å². The second kappa shape index (κ2) is 11.8. The van der Waals surface area contributed by atoms with E-state index in [9.17, 15) is 23.6 Å². The zero-order valence-corrected chi connectivity index (χ0v) is 24.6. The molecule has 0 atom stereocenters. The molecule has 1 aliphatic carbocycles. The van der Waals surface area contributed by atoms with Crippen molar-refractivity contribution >= 4 is 56.6 Å². The molecule has 3 N–H and O–H groups in total. The maximum atomic E-state index is 14.8. The summed E-state index contributed by atoms with van der Waals surface area (Å²) in [5.41, 5.74) is -0.351. The number of rotatable bonds is 5. The average Bonchev–Trinajstić information content (AvgIpc) is 3.72. The van der Waals surface area contributed by atoms with E-state index in [1.165, 1.54) is 39.8 Å². The van der Waals surface area contributed by atoms with Crippen molar-refractivity contribution in [2.45, 2.75) is 39.7 Å². The molecule has 210 valence electrons. The van der Waals surface area contributed by atoms with Gasteiger partial charge in [-0.1, -0.05) is 6.07 Å². The van der Waals surface area contributed by atoms with Crippen LogP contribution in [0.15, 0.2) is 56.8 Å². The van der Waals surface area contributed by atoms with Crippen molar-refractivity contribution in [2.75, 3.05) is 17.2 Å². The fourth-order valence-corrected chi connectivity index (χ4v) is 4.95. The van der Waals surface area contributed by atoms with E-state index in [4.69, 9.17) is 5.11 Å². The van der Waals surface area contributed by atoms with Crippen LogP contribution in [0.5, 0.6) is 0 Å². The number of fused-ring (bicyclic) bond motifs is 1. The Bertz CT molecular complexity index is 1810. The summed E-state index contributed by atoms with van der Waals surface area (Å²) in [7, 11) is 1.50. The first-order valence-corrected chi connectivity index (χ1v) is 13.7. The van der Waals surface area contributed by atoms with Gasteiger partial charge in [-0.2, -0.15) is 0 Å². The third-order valence-corrected chi connectivity index (χ3v) is 7.04. The Hall–Kier alpha value is -3.78. The molecule has 0 spiro atoms. The molecule has 0 unspecified atom stereocenters. The summed E-state index contributed by atoms with van der Waals surface area (Å²) in [5.74, 6) is -0.753. The number of pyridine rings is 1. The molecule has 40 heavy (non-hydrogen) atoms. The van der Waals surface area contributed by atoms with Gasteiger partial charge < -0.3 is 15.7 Å². The van der Waals surface area contributed by atoms with Crippen molar-refractivity contribution in [3.63, 3.8) is 0 Å². The minimum absolute atomic E-state index is 0.0804. The number of anilines is 3. The molecule has 4 aromatic rings. The van der Waals surface area contributed by atoms with E-state index in [0.717, 1.165) is 0 Å². The molecule has 12 heteroatoms. The molecule has 0 saturated heterocycles. The zero-order valence-electron chi connectivity index (χ0n) is 22.4. The Kier molecular flexibility index (Phi) is 8.59. The van der Waals surface area contributed by atoms with Crippen LogP contribution in [0, 0.1) is 16.3 Å². The van der Waals surface area contributed by atoms with E-state index in [0.29, 0.717) is 27.8 Å². The number of nitrogens with zero attached hydrogens (tertiary/aromatic N) is 3. The van der Waals surface area contributed by atoms with Crippen LogP contribution in [0.3, 0.4) is 0 Å².